The molecule has 0 aromatic heterocycles. The molecule has 0 amide bonds. The molecule has 12 aromatic rings. The van der Waals surface area contributed by atoms with Gasteiger partial charge >= 0.3 is 0 Å². The zero-order valence-electron chi connectivity index (χ0n) is 53.4. The summed E-state index contributed by atoms with van der Waals surface area (Å²) in [5.41, 5.74) is 37.9. The van der Waals surface area contributed by atoms with Gasteiger partial charge in [-0.25, -0.2) is 66.2 Å². The third-order valence-corrected chi connectivity index (χ3v) is 17.6. The van der Waals surface area contributed by atoms with Crippen LogP contribution in [0.1, 0.15) is 100 Å². The Bertz CT molecular complexity index is 4600. The Kier molecular flexibility index (Phi) is 30.8. The van der Waals surface area contributed by atoms with Crippen molar-refractivity contribution in [3.63, 3.8) is 0 Å². The second-order valence-electron chi connectivity index (χ2n) is 22.9. The van der Waals surface area contributed by atoms with E-state index in [0.717, 1.165) is 71.9 Å². The standard InChI is InChI=1S/6C15H10.6Y/c1-2-11-7-5-8-13-10-12-6-3-4-9-14(12)15(11)13;1-2-11-7-5-9-14-13-8-4-3-6-12(13)10-15(11)14;2*1-2-11-7-8-15-13(9-11)10-12-5-3-4-6-14(12)15;2*1-2-11-7-8-13-10-12-5-3-4-6-14(12)15(13)9-11;;;;;;/h3*1-6,8-9H,10H2;1-8H,10H2;1-6,8-9H,10H2;1-8H,10H2;;;;;;/q6*-2;;;;;;. The summed E-state index contributed by atoms with van der Waals surface area (Å²) in [6, 6.07) is 95.2. The summed E-state index contributed by atoms with van der Waals surface area (Å²) in [7, 11) is 0. The number of hydrogen-bond acceptors (Lipinski definition) is 0. The summed E-state index contributed by atoms with van der Waals surface area (Å²) < 4.78 is 0. The van der Waals surface area contributed by atoms with Crippen LogP contribution in [0.25, 0.3) is 103 Å². The van der Waals surface area contributed by atoms with Crippen molar-refractivity contribution in [2.45, 2.75) is 38.5 Å². The monoisotopic (exact) mass is 1670 g/mol. The molecule has 18 rings (SSSR count). The molecular weight excluding hydrogens is 1610 g/mol. The van der Waals surface area contributed by atoms with Crippen molar-refractivity contribution in [1.82, 2.24) is 0 Å². The fraction of sp³-hybridized carbons (Fsp3) is 0.0667. The molecule has 0 nitrogen and oxygen atoms in total. The molecule has 6 aliphatic carbocycles. The summed E-state index contributed by atoms with van der Waals surface area (Å²) in [6.07, 6.45) is 15.7. The molecule has 0 atom stereocenters. The Balaban J connectivity index is 0.000000161. The maximum atomic E-state index is 5.62. The van der Waals surface area contributed by atoms with E-state index in [-0.39, 0.29) is 196 Å². The predicted molar refractivity (Wildman–Crippen MR) is 374 cm³/mol. The minimum atomic E-state index is 0. The molecular formula is C90H60Y6-12. The predicted octanol–water partition coefficient (Wildman–Crippen LogP) is 21.0. The topological polar surface area (TPSA) is 0 Å². The Morgan fingerprint density at radius 2 is 0.698 bits per heavy atom. The summed E-state index contributed by atoms with van der Waals surface area (Å²) in [5.74, 6) is 0. The normalized spacial score (nSPS) is 11.2. The van der Waals surface area contributed by atoms with Crippen LogP contribution < -0.4 is 0 Å². The van der Waals surface area contributed by atoms with Gasteiger partial charge in [0.05, 0.1) is 0 Å². The second-order valence-corrected chi connectivity index (χ2v) is 22.9. The Morgan fingerprint density at radius 1 is 0.260 bits per heavy atom. The van der Waals surface area contributed by atoms with Crippen LogP contribution in [-0.4, -0.2) is 0 Å². The number of fused-ring (bicyclic) bond motifs is 18. The molecule has 0 spiro atoms. The maximum Gasteiger partial charge on any atom is 0 e. The van der Waals surface area contributed by atoms with Crippen LogP contribution in [0.4, 0.5) is 0 Å². The van der Waals surface area contributed by atoms with E-state index in [1.54, 1.807) is 36.5 Å². The van der Waals surface area contributed by atoms with E-state index in [9.17, 15) is 0 Å². The van der Waals surface area contributed by atoms with Crippen LogP contribution in [0.2, 0.25) is 0 Å². The number of benzene rings is 12. The first-order chi connectivity index (χ1) is 44.3. The van der Waals surface area contributed by atoms with E-state index < -0.39 is 0 Å². The minimum Gasteiger partial charge on any atom is -0.344 e. The Labute approximate surface area is 721 Å². The molecule has 0 heterocycles. The van der Waals surface area contributed by atoms with Gasteiger partial charge in [0.2, 0.25) is 0 Å². The second kappa shape index (κ2) is 37.4. The van der Waals surface area contributed by atoms with Gasteiger partial charge in [0.1, 0.15) is 0 Å². The summed E-state index contributed by atoms with van der Waals surface area (Å²) in [4.78, 5) is 0. The molecule has 0 fully saturated rings. The van der Waals surface area contributed by atoms with Crippen molar-refractivity contribution < 1.29 is 196 Å². The van der Waals surface area contributed by atoms with Gasteiger partial charge in [0.15, 0.2) is 0 Å². The fourth-order valence-corrected chi connectivity index (χ4v) is 13.2. The van der Waals surface area contributed by atoms with Crippen molar-refractivity contribution in [3.05, 3.63) is 394 Å². The largest absolute Gasteiger partial charge is 0.344 e. The van der Waals surface area contributed by atoms with Gasteiger partial charge < -0.3 is 92.1 Å². The third kappa shape index (κ3) is 17.3. The first kappa shape index (κ1) is 79.0. The molecule has 0 saturated heterocycles. The van der Waals surface area contributed by atoms with Crippen LogP contribution in [0.5, 0.6) is 0 Å². The van der Waals surface area contributed by atoms with E-state index in [4.69, 9.17) is 39.5 Å². The molecule has 12 aromatic carbocycles. The Morgan fingerprint density at radius 3 is 1.31 bits per heavy atom. The Hall–Kier alpha value is -4.30. The van der Waals surface area contributed by atoms with E-state index in [2.05, 4.69) is 218 Å². The molecule has 0 saturated carbocycles. The van der Waals surface area contributed by atoms with E-state index >= 15 is 0 Å². The first-order valence-corrected chi connectivity index (χ1v) is 30.4. The zero-order valence-corrected chi connectivity index (χ0v) is 70.4. The van der Waals surface area contributed by atoms with Crippen molar-refractivity contribution in [2.75, 3.05) is 0 Å². The molecule has 0 bridgehead atoms. The molecule has 450 valence electrons. The number of rotatable bonds is 6. The van der Waals surface area contributed by atoms with Crippen molar-refractivity contribution in [1.29, 1.82) is 0 Å². The summed E-state index contributed by atoms with van der Waals surface area (Å²) in [6.45, 7) is 33.2. The van der Waals surface area contributed by atoms with Gasteiger partial charge in [-0.05, 0) is 71.0 Å². The van der Waals surface area contributed by atoms with Crippen LogP contribution in [0.15, 0.2) is 218 Å². The molecule has 96 heavy (non-hydrogen) atoms. The van der Waals surface area contributed by atoms with Crippen LogP contribution in [-0.2, 0) is 235 Å². The molecule has 0 N–H and O–H groups in total. The minimum absolute atomic E-state index is 0. The average molecular weight is 1670 g/mol. The summed E-state index contributed by atoms with van der Waals surface area (Å²) >= 11 is 0. The summed E-state index contributed by atoms with van der Waals surface area (Å²) in [5, 5.41) is 0. The smallest absolute Gasteiger partial charge is 0 e. The maximum absolute atomic E-state index is 5.62. The van der Waals surface area contributed by atoms with Gasteiger partial charge in [-0.2, -0.15) is 35.9 Å². The molecule has 0 aliphatic heterocycles. The third-order valence-electron chi connectivity index (χ3n) is 17.6. The fourth-order valence-electron chi connectivity index (χ4n) is 13.2. The van der Waals surface area contributed by atoms with Crippen molar-refractivity contribution in [3.8, 4) is 66.8 Å². The van der Waals surface area contributed by atoms with E-state index in [0.29, 0.717) is 0 Å². The molecule has 0 unspecified atom stereocenters. The first-order valence-electron chi connectivity index (χ1n) is 30.4. The van der Waals surface area contributed by atoms with Crippen molar-refractivity contribution >= 4 is 36.5 Å². The molecule has 6 radical (unpaired) electrons. The van der Waals surface area contributed by atoms with Gasteiger partial charge in [0.25, 0.3) is 0 Å². The van der Waals surface area contributed by atoms with Gasteiger partial charge in [0, 0.05) is 196 Å². The zero-order chi connectivity index (χ0) is 61.5. The molecule has 6 aliphatic rings. The van der Waals surface area contributed by atoms with Crippen LogP contribution in [0.3, 0.4) is 0 Å². The van der Waals surface area contributed by atoms with Gasteiger partial charge in [-0.1, -0.05) is 191 Å². The van der Waals surface area contributed by atoms with Gasteiger partial charge in [-0.3, -0.25) is 17.2 Å². The van der Waals surface area contributed by atoms with E-state index in [1.165, 1.54) is 134 Å². The van der Waals surface area contributed by atoms with Crippen LogP contribution in [0, 0.1) is 75.9 Å². The quantitative estimate of drug-likeness (QED) is 0.146. The van der Waals surface area contributed by atoms with Crippen LogP contribution >= 0.6 is 0 Å². The average Bonchev–Trinajstić information content (AvgIpc) is 1.72. The van der Waals surface area contributed by atoms with E-state index in [1.807, 2.05) is 36.4 Å². The number of hydrogen-bond donors (Lipinski definition) is 0. The van der Waals surface area contributed by atoms with Gasteiger partial charge in [-0.15, -0.1) is 62.7 Å². The van der Waals surface area contributed by atoms with Crippen molar-refractivity contribution in [2.24, 2.45) is 0 Å². The molecule has 6 heteroatoms. The SMILES string of the molecule is [CH-]=Cc1[c-]c2c(cc1)-c1ccccc1C2.[CH-]=Cc1[c-]c2c(cc1)Cc1ccccc1-2.[CH-]=Cc1[c-]cc2c(c1)-c1ccccc1C2.[CH-]=Cc1[c-]cc2c(c1)Cc1ccccc1-2.[CH-]=Cc1[c-]ccc2c1-c1ccccc1C2.[CH-]=Cc1[c-]ccc2c1Cc1ccccc1-2.[Y].[Y].[Y].[Y].[Y].[Y].